The Labute approximate surface area is 108 Å². The first-order chi connectivity index (χ1) is 8.13. The van der Waals surface area contributed by atoms with Crippen LogP contribution in [0.3, 0.4) is 0 Å². The summed E-state index contributed by atoms with van der Waals surface area (Å²) in [6.07, 6.45) is 0. The lowest BCUT2D eigenvalue weighted by Gasteiger charge is -2.12. The number of hydrogen-bond donors (Lipinski definition) is 1. The molecule has 0 bridgehead atoms. The lowest BCUT2D eigenvalue weighted by atomic mass is 10.1. The molecule has 1 heterocycles. The molecule has 1 atom stereocenters. The maximum atomic E-state index is 12.0. The Kier molecular flexibility index (Phi) is 3.71. The minimum atomic E-state index is -0.466. The summed E-state index contributed by atoms with van der Waals surface area (Å²) in [5.74, 6) is -0.201. The molecule has 6 heteroatoms. The number of thioether (sulfide) groups is 1. The Hall–Kier alpha value is -1.04. The van der Waals surface area contributed by atoms with Gasteiger partial charge in [-0.1, -0.05) is 23.7 Å². The van der Waals surface area contributed by atoms with Gasteiger partial charge in [0.15, 0.2) is 0 Å². The van der Waals surface area contributed by atoms with Crippen LogP contribution in [0.2, 0.25) is 5.02 Å². The minimum absolute atomic E-state index is 0.201. The van der Waals surface area contributed by atoms with Crippen molar-refractivity contribution in [3.63, 3.8) is 0 Å². The van der Waals surface area contributed by atoms with Crippen molar-refractivity contribution in [2.75, 3.05) is 13.1 Å². The smallest absolute Gasteiger partial charge is 0.289 e. The first-order valence-electron chi connectivity index (χ1n) is 5.11. The number of carbonyl (C=O) groups excluding carboxylic acids is 2. The largest absolute Gasteiger partial charge is 0.329 e. The molecule has 0 aromatic heterocycles. The number of nitrogens with two attached hydrogens (primary N) is 1. The van der Waals surface area contributed by atoms with E-state index in [4.69, 9.17) is 17.3 Å². The lowest BCUT2D eigenvalue weighted by molar-refractivity contribution is -0.126. The van der Waals surface area contributed by atoms with Crippen LogP contribution < -0.4 is 5.73 Å². The standard InChI is InChI=1S/C11H11ClN2O2S/c12-8-3-1-7(2-4-8)9-10(15)14(6-5-13)11(16)17-9/h1-4,9H,5-6,13H2/t9-/m0/s1. The molecule has 2 N–H and O–H groups in total. The zero-order valence-corrected chi connectivity index (χ0v) is 10.5. The van der Waals surface area contributed by atoms with E-state index in [0.717, 1.165) is 17.3 Å². The van der Waals surface area contributed by atoms with E-state index in [-0.39, 0.29) is 24.2 Å². The molecular formula is C11H11ClN2O2S. The van der Waals surface area contributed by atoms with Gasteiger partial charge in [0.25, 0.3) is 5.24 Å². The molecule has 2 amide bonds. The van der Waals surface area contributed by atoms with Crippen LogP contribution in [0.5, 0.6) is 0 Å². The van der Waals surface area contributed by atoms with Crippen molar-refractivity contribution < 1.29 is 9.59 Å². The number of carbonyl (C=O) groups is 2. The number of hydrogen-bond acceptors (Lipinski definition) is 4. The van der Waals surface area contributed by atoms with Crippen LogP contribution in [0, 0.1) is 0 Å². The van der Waals surface area contributed by atoms with Crippen LogP contribution in [0.4, 0.5) is 4.79 Å². The summed E-state index contributed by atoms with van der Waals surface area (Å²) in [7, 11) is 0. The predicted octanol–water partition coefficient (Wildman–Crippen LogP) is 2.04. The Morgan fingerprint density at radius 2 is 1.94 bits per heavy atom. The zero-order chi connectivity index (χ0) is 12.4. The van der Waals surface area contributed by atoms with Gasteiger partial charge in [0, 0.05) is 18.1 Å². The normalized spacial score (nSPS) is 20.1. The van der Waals surface area contributed by atoms with Gasteiger partial charge in [0.2, 0.25) is 5.91 Å². The summed E-state index contributed by atoms with van der Waals surface area (Å²) in [6.45, 7) is 0.556. The Morgan fingerprint density at radius 1 is 1.29 bits per heavy atom. The molecule has 0 aliphatic carbocycles. The molecule has 1 aliphatic rings. The fourth-order valence-electron chi connectivity index (χ4n) is 1.63. The van der Waals surface area contributed by atoms with E-state index < -0.39 is 5.25 Å². The van der Waals surface area contributed by atoms with Crippen LogP contribution in [-0.2, 0) is 4.79 Å². The lowest BCUT2D eigenvalue weighted by Crippen LogP contribution is -2.34. The van der Waals surface area contributed by atoms with E-state index >= 15 is 0 Å². The fourth-order valence-corrected chi connectivity index (χ4v) is 2.78. The van der Waals surface area contributed by atoms with Crippen molar-refractivity contribution in [3.05, 3.63) is 34.9 Å². The fraction of sp³-hybridized carbons (Fsp3) is 0.273. The molecule has 4 nitrogen and oxygen atoms in total. The van der Waals surface area contributed by atoms with Gasteiger partial charge in [0.05, 0.1) is 0 Å². The predicted molar refractivity (Wildman–Crippen MR) is 67.9 cm³/mol. The first-order valence-corrected chi connectivity index (χ1v) is 6.37. The second-order valence-corrected chi connectivity index (χ2v) is 5.09. The summed E-state index contributed by atoms with van der Waals surface area (Å²) in [6, 6.07) is 6.94. The molecule has 1 aromatic rings. The highest BCUT2D eigenvalue weighted by atomic mass is 35.5. The van der Waals surface area contributed by atoms with Crippen LogP contribution in [0.1, 0.15) is 10.8 Å². The molecule has 0 radical (unpaired) electrons. The molecule has 1 saturated heterocycles. The number of benzene rings is 1. The van der Waals surface area contributed by atoms with Gasteiger partial charge in [-0.3, -0.25) is 14.5 Å². The first kappa shape index (κ1) is 12.4. The number of nitrogens with zero attached hydrogens (tertiary/aromatic N) is 1. The number of imide groups is 1. The molecule has 0 unspecified atom stereocenters. The number of amides is 2. The third-order valence-corrected chi connectivity index (χ3v) is 3.84. The van der Waals surface area contributed by atoms with Crippen LogP contribution >= 0.6 is 23.4 Å². The maximum absolute atomic E-state index is 12.0. The molecule has 90 valence electrons. The van der Waals surface area contributed by atoms with Crippen molar-refractivity contribution in [2.24, 2.45) is 5.73 Å². The highest BCUT2D eigenvalue weighted by molar-refractivity contribution is 8.14. The van der Waals surface area contributed by atoms with Crippen molar-refractivity contribution in [1.82, 2.24) is 4.90 Å². The maximum Gasteiger partial charge on any atom is 0.289 e. The average Bonchev–Trinajstić information content (AvgIpc) is 2.59. The van der Waals surface area contributed by atoms with E-state index in [1.807, 2.05) is 0 Å². The molecule has 1 aromatic carbocycles. The summed E-state index contributed by atoms with van der Waals surface area (Å²) < 4.78 is 0. The molecule has 17 heavy (non-hydrogen) atoms. The molecule has 1 aliphatic heterocycles. The molecular weight excluding hydrogens is 260 g/mol. The summed E-state index contributed by atoms with van der Waals surface area (Å²) >= 11 is 6.80. The highest BCUT2D eigenvalue weighted by Gasteiger charge is 2.39. The van der Waals surface area contributed by atoms with Crippen LogP contribution in [0.25, 0.3) is 0 Å². The van der Waals surface area contributed by atoms with Crippen molar-refractivity contribution in [1.29, 1.82) is 0 Å². The SMILES string of the molecule is NCCN1C(=O)S[C@@H](c2ccc(Cl)cc2)C1=O. The van der Waals surface area contributed by atoms with Crippen LogP contribution in [-0.4, -0.2) is 29.1 Å². The van der Waals surface area contributed by atoms with E-state index in [1.165, 1.54) is 4.90 Å². The Balaban J connectivity index is 2.21. The third-order valence-electron chi connectivity index (χ3n) is 2.45. The minimum Gasteiger partial charge on any atom is -0.329 e. The van der Waals surface area contributed by atoms with E-state index in [0.29, 0.717) is 5.02 Å². The molecule has 1 fully saturated rings. The Morgan fingerprint density at radius 3 is 2.53 bits per heavy atom. The van der Waals surface area contributed by atoms with E-state index in [1.54, 1.807) is 24.3 Å². The quantitative estimate of drug-likeness (QED) is 0.913. The van der Waals surface area contributed by atoms with Crippen molar-refractivity contribution in [3.8, 4) is 0 Å². The monoisotopic (exact) mass is 270 g/mol. The second-order valence-electron chi connectivity index (χ2n) is 3.59. The average molecular weight is 271 g/mol. The zero-order valence-electron chi connectivity index (χ0n) is 8.93. The van der Waals surface area contributed by atoms with Crippen LogP contribution in [0.15, 0.2) is 24.3 Å². The van der Waals surface area contributed by atoms with E-state index in [9.17, 15) is 9.59 Å². The third kappa shape index (κ3) is 2.46. The molecule has 0 saturated carbocycles. The van der Waals surface area contributed by atoms with Gasteiger partial charge >= 0.3 is 0 Å². The van der Waals surface area contributed by atoms with Crippen molar-refractivity contribution >= 4 is 34.5 Å². The van der Waals surface area contributed by atoms with Gasteiger partial charge in [-0.25, -0.2) is 0 Å². The van der Waals surface area contributed by atoms with Gasteiger partial charge in [-0.2, -0.15) is 0 Å². The van der Waals surface area contributed by atoms with Crippen molar-refractivity contribution in [2.45, 2.75) is 5.25 Å². The summed E-state index contributed by atoms with van der Waals surface area (Å²) in [4.78, 5) is 24.8. The molecule has 2 rings (SSSR count). The second kappa shape index (κ2) is 5.08. The Bertz CT molecular complexity index is 449. The van der Waals surface area contributed by atoms with Gasteiger partial charge in [-0.15, -0.1) is 0 Å². The van der Waals surface area contributed by atoms with E-state index in [2.05, 4.69) is 0 Å². The van der Waals surface area contributed by atoms with Gasteiger partial charge < -0.3 is 5.73 Å². The number of halogens is 1. The topological polar surface area (TPSA) is 63.4 Å². The summed E-state index contributed by atoms with van der Waals surface area (Å²) in [5, 5.41) is -0.0962. The highest BCUT2D eigenvalue weighted by Crippen LogP contribution is 2.39. The number of rotatable bonds is 3. The summed E-state index contributed by atoms with van der Waals surface area (Å²) in [5.41, 5.74) is 6.15. The van der Waals surface area contributed by atoms with Gasteiger partial charge in [-0.05, 0) is 29.5 Å². The van der Waals surface area contributed by atoms with Gasteiger partial charge in [0.1, 0.15) is 5.25 Å². The molecule has 0 spiro atoms.